The van der Waals surface area contributed by atoms with E-state index in [2.05, 4.69) is 20.4 Å². The third kappa shape index (κ3) is 2.75. The minimum absolute atomic E-state index is 0.174. The zero-order valence-electron chi connectivity index (χ0n) is 11.6. The van der Waals surface area contributed by atoms with Gasteiger partial charge in [0.05, 0.1) is 5.69 Å². The lowest BCUT2D eigenvalue weighted by Gasteiger charge is -2.08. The fourth-order valence-electron chi connectivity index (χ4n) is 1.77. The summed E-state index contributed by atoms with van der Waals surface area (Å²) in [5, 5.41) is 7.37. The molecule has 2 heterocycles. The maximum Gasteiger partial charge on any atom is 0.226 e. The van der Waals surface area contributed by atoms with E-state index in [-0.39, 0.29) is 5.95 Å². The average Bonchev–Trinajstić information content (AvgIpc) is 2.56. The molecule has 0 atom stereocenters. The van der Waals surface area contributed by atoms with Crippen molar-refractivity contribution in [3.8, 4) is 11.6 Å². The van der Waals surface area contributed by atoms with Gasteiger partial charge in [0.25, 0.3) is 0 Å². The maximum atomic E-state index is 5.77. The van der Waals surface area contributed by atoms with Crippen LogP contribution in [0.2, 0.25) is 0 Å². The number of aryl methyl sites for hydroxylation is 2. The normalized spacial score (nSPS) is 10.5. The van der Waals surface area contributed by atoms with Crippen molar-refractivity contribution in [2.45, 2.75) is 20.8 Å². The highest BCUT2D eigenvalue weighted by Gasteiger charge is 2.13. The molecule has 0 spiro atoms. The predicted octanol–water partition coefficient (Wildman–Crippen LogP) is 1.63. The number of hydrogen-bond donors (Lipinski definition) is 2. The van der Waals surface area contributed by atoms with Crippen molar-refractivity contribution < 1.29 is 4.74 Å². The summed E-state index contributed by atoms with van der Waals surface area (Å²) in [7, 11) is 1.87. The molecule has 0 saturated carbocycles. The number of nitrogens with zero attached hydrogens (tertiary/aromatic N) is 4. The molecule has 0 radical (unpaired) electrons. The molecule has 7 heteroatoms. The second-order valence-electron chi connectivity index (χ2n) is 4.21. The molecule has 2 aromatic heterocycles. The van der Waals surface area contributed by atoms with E-state index >= 15 is 0 Å². The van der Waals surface area contributed by atoms with Crippen LogP contribution in [0.3, 0.4) is 0 Å². The molecule has 19 heavy (non-hydrogen) atoms. The molecular weight excluding hydrogens is 244 g/mol. The summed E-state index contributed by atoms with van der Waals surface area (Å²) >= 11 is 0. The first-order valence-electron chi connectivity index (χ1n) is 6.07. The molecule has 2 aromatic rings. The van der Waals surface area contributed by atoms with Crippen molar-refractivity contribution in [1.29, 1.82) is 0 Å². The van der Waals surface area contributed by atoms with Crippen molar-refractivity contribution in [1.82, 2.24) is 19.7 Å². The molecule has 0 aromatic carbocycles. The molecule has 0 aliphatic heterocycles. The standard InChI is InChI=1S/C12H18N6O/c1-5-14-9-6-10(16-12(13)15-9)19-11-7(2)17-18(4)8(11)3/h6H,5H2,1-4H3,(H3,13,14,15,16). The first-order valence-corrected chi connectivity index (χ1v) is 6.07. The Balaban J connectivity index is 2.32. The van der Waals surface area contributed by atoms with Gasteiger partial charge in [-0.05, 0) is 20.8 Å². The highest BCUT2D eigenvalue weighted by atomic mass is 16.5. The Bertz CT molecular complexity index is 592. The van der Waals surface area contributed by atoms with E-state index in [0.717, 1.165) is 17.9 Å². The Kier molecular flexibility index (Phi) is 3.55. The van der Waals surface area contributed by atoms with E-state index < -0.39 is 0 Å². The molecular formula is C12H18N6O. The lowest BCUT2D eigenvalue weighted by Crippen LogP contribution is -2.04. The quantitative estimate of drug-likeness (QED) is 0.870. The summed E-state index contributed by atoms with van der Waals surface area (Å²) < 4.78 is 7.54. The average molecular weight is 262 g/mol. The lowest BCUT2D eigenvalue weighted by molar-refractivity contribution is 0.455. The number of nitrogens with one attached hydrogen (secondary N) is 1. The van der Waals surface area contributed by atoms with E-state index in [0.29, 0.717) is 17.4 Å². The Morgan fingerprint density at radius 2 is 2.11 bits per heavy atom. The molecule has 3 N–H and O–H groups in total. The van der Waals surface area contributed by atoms with Crippen molar-refractivity contribution in [2.24, 2.45) is 7.05 Å². The van der Waals surface area contributed by atoms with Crippen LogP contribution in [0.4, 0.5) is 11.8 Å². The van der Waals surface area contributed by atoms with Crippen molar-refractivity contribution in [3.63, 3.8) is 0 Å². The van der Waals surface area contributed by atoms with E-state index in [1.54, 1.807) is 10.7 Å². The minimum Gasteiger partial charge on any atom is -0.435 e. The molecule has 7 nitrogen and oxygen atoms in total. The minimum atomic E-state index is 0.174. The highest BCUT2D eigenvalue weighted by molar-refractivity contribution is 5.45. The van der Waals surface area contributed by atoms with Crippen LogP contribution in [0.25, 0.3) is 0 Å². The van der Waals surface area contributed by atoms with Gasteiger partial charge in [0.2, 0.25) is 11.8 Å². The number of nitrogen functional groups attached to an aromatic ring is 1. The second-order valence-corrected chi connectivity index (χ2v) is 4.21. The molecule has 0 fully saturated rings. The van der Waals surface area contributed by atoms with Crippen LogP contribution in [0.1, 0.15) is 18.3 Å². The van der Waals surface area contributed by atoms with Gasteiger partial charge in [0.1, 0.15) is 11.5 Å². The van der Waals surface area contributed by atoms with Crippen molar-refractivity contribution in [2.75, 3.05) is 17.6 Å². The van der Waals surface area contributed by atoms with Crippen LogP contribution in [-0.4, -0.2) is 26.3 Å². The van der Waals surface area contributed by atoms with Gasteiger partial charge in [0.15, 0.2) is 5.75 Å². The third-order valence-corrected chi connectivity index (χ3v) is 2.73. The van der Waals surface area contributed by atoms with Crippen molar-refractivity contribution >= 4 is 11.8 Å². The predicted molar refractivity (Wildman–Crippen MR) is 73.4 cm³/mol. The summed E-state index contributed by atoms with van der Waals surface area (Å²) in [6.45, 7) is 6.55. The number of nitrogens with two attached hydrogens (primary N) is 1. The fourth-order valence-corrected chi connectivity index (χ4v) is 1.77. The number of hydrogen-bond acceptors (Lipinski definition) is 6. The van der Waals surface area contributed by atoms with Crippen LogP contribution >= 0.6 is 0 Å². The molecule has 2 rings (SSSR count). The van der Waals surface area contributed by atoms with Gasteiger partial charge in [-0.1, -0.05) is 0 Å². The molecule has 0 aliphatic rings. The van der Waals surface area contributed by atoms with Gasteiger partial charge in [0, 0.05) is 19.7 Å². The van der Waals surface area contributed by atoms with Gasteiger partial charge in [-0.2, -0.15) is 15.1 Å². The fraction of sp³-hybridized carbons (Fsp3) is 0.417. The van der Waals surface area contributed by atoms with Crippen LogP contribution < -0.4 is 15.8 Å². The van der Waals surface area contributed by atoms with E-state index in [1.165, 1.54) is 0 Å². The van der Waals surface area contributed by atoms with Crippen LogP contribution in [0, 0.1) is 13.8 Å². The summed E-state index contributed by atoms with van der Waals surface area (Å²) in [4.78, 5) is 8.14. The monoisotopic (exact) mass is 262 g/mol. The number of aromatic nitrogens is 4. The zero-order chi connectivity index (χ0) is 14.0. The van der Waals surface area contributed by atoms with Crippen LogP contribution in [-0.2, 0) is 7.05 Å². The van der Waals surface area contributed by atoms with E-state index in [9.17, 15) is 0 Å². The Labute approximate surface area is 111 Å². The van der Waals surface area contributed by atoms with Crippen LogP contribution in [0.15, 0.2) is 6.07 Å². The zero-order valence-corrected chi connectivity index (χ0v) is 11.6. The Hall–Kier alpha value is -2.31. The molecule has 0 amide bonds. The summed E-state index contributed by atoms with van der Waals surface area (Å²) in [6.07, 6.45) is 0. The van der Waals surface area contributed by atoms with Crippen LogP contribution in [0.5, 0.6) is 11.6 Å². The molecule has 102 valence electrons. The SMILES string of the molecule is CCNc1cc(Oc2c(C)nn(C)c2C)nc(N)n1. The largest absolute Gasteiger partial charge is 0.435 e. The summed E-state index contributed by atoms with van der Waals surface area (Å²) in [6, 6.07) is 1.71. The van der Waals surface area contributed by atoms with Gasteiger partial charge in [-0.15, -0.1) is 0 Å². The highest BCUT2D eigenvalue weighted by Crippen LogP contribution is 2.28. The van der Waals surface area contributed by atoms with Gasteiger partial charge in [-0.25, -0.2) is 0 Å². The number of ether oxygens (including phenoxy) is 1. The Morgan fingerprint density at radius 3 is 2.68 bits per heavy atom. The third-order valence-electron chi connectivity index (χ3n) is 2.73. The van der Waals surface area contributed by atoms with E-state index in [4.69, 9.17) is 10.5 Å². The number of rotatable bonds is 4. The maximum absolute atomic E-state index is 5.77. The summed E-state index contributed by atoms with van der Waals surface area (Å²) in [5.41, 5.74) is 7.40. The molecule has 0 saturated heterocycles. The molecule has 0 aliphatic carbocycles. The smallest absolute Gasteiger partial charge is 0.226 e. The van der Waals surface area contributed by atoms with Gasteiger partial charge >= 0.3 is 0 Å². The summed E-state index contributed by atoms with van der Waals surface area (Å²) in [5.74, 6) is 1.92. The van der Waals surface area contributed by atoms with Gasteiger partial charge < -0.3 is 15.8 Å². The van der Waals surface area contributed by atoms with Gasteiger partial charge in [-0.3, -0.25) is 4.68 Å². The molecule has 0 unspecified atom stereocenters. The molecule has 0 bridgehead atoms. The first-order chi connectivity index (χ1) is 9.01. The number of anilines is 2. The topological polar surface area (TPSA) is 90.9 Å². The second kappa shape index (κ2) is 5.13. The lowest BCUT2D eigenvalue weighted by atomic mass is 10.3. The first kappa shape index (κ1) is 13.1. The van der Waals surface area contributed by atoms with Crippen molar-refractivity contribution in [3.05, 3.63) is 17.5 Å². The van der Waals surface area contributed by atoms with E-state index in [1.807, 2.05) is 27.8 Å². The Morgan fingerprint density at radius 1 is 1.37 bits per heavy atom.